The molecule has 0 fully saturated rings. The first-order valence-corrected chi connectivity index (χ1v) is 9.51. The Morgan fingerprint density at radius 1 is 1.26 bits per heavy atom. The molecule has 4 rings (SSSR count). The van der Waals surface area contributed by atoms with Crippen LogP contribution in [0.5, 0.6) is 0 Å². The molecule has 0 radical (unpaired) electrons. The van der Waals surface area contributed by atoms with Crippen molar-refractivity contribution in [2.24, 2.45) is 0 Å². The third kappa shape index (κ3) is 3.55. The molecule has 140 valence electrons. The highest BCUT2D eigenvalue weighted by Crippen LogP contribution is 2.36. The molecule has 1 unspecified atom stereocenters. The Balaban J connectivity index is 1.57. The summed E-state index contributed by atoms with van der Waals surface area (Å²) in [6, 6.07) is 16.2. The van der Waals surface area contributed by atoms with E-state index in [0.717, 1.165) is 35.1 Å². The third-order valence-electron chi connectivity index (χ3n) is 5.30. The van der Waals surface area contributed by atoms with Gasteiger partial charge >= 0.3 is 6.03 Å². The Kier molecular flexibility index (Phi) is 4.86. The molecule has 0 saturated carbocycles. The van der Waals surface area contributed by atoms with E-state index in [0.29, 0.717) is 13.0 Å². The van der Waals surface area contributed by atoms with Gasteiger partial charge < -0.3 is 20.3 Å². The van der Waals surface area contributed by atoms with Gasteiger partial charge in [0.15, 0.2) is 0 Å². The van der Waals surface area contributed by atoms with Crippen LogP contribution in [-0.2, 0) is 6.42 Å². The molecule has 1 heterocycles. The number of urea groups is 1. The summed E-state index contributed by atoms with van der Waals surface area (Å²) in [7, 11) is 0. The number of amides is 2. The molecule has 0 bridgehead atoms. The first-order valence-electron chi connectivity index (χ1n) is 9.51. The summed E-state index contributed by atoms with van der Waals surface area (Å²) in [5, 5.41) is 13.4. The van der Waals surface area contributed by atoms with Crippen molar-refractivity contribution in [1.82, 2.24) is 9.88 Å². The van der Waals surface area contributed by atoms with Gasteiger partial charge in [0.2, 0.25) is 0 Å². The van der Waals surface area contributed by atoms with Crippen molar-refractivity contribution < 1.29 is 9.90 Å². The summed E-state index contributed by atoms with van der Waals surface area (Å²) < 4.78 is 0. The number of aliphatic hydroxyl groups is 1. The first kappa shape index (κ1) is 17.6. The van der Waals surface area contributed by atoms with Gasteiger partial charge in [-0.1, -0.05) is 24.3 Å². The van der Waals surface area contributed by atoms with Gasteiger partial charge in [0.1, 0.15) is 0 Å². The van der Waals surface area contributed by atoms with Crippen molar-refractivity contribution in [3.05, 3.63) is 65.4 Å². The summed E-state index contributed by atoms with van der Waals surface area (Å²) >= 11 is 0. The van der Waals surface area contributed by atoms with Crippen LogP contribution >= 0.6 is 0 Å². The number of carbonyl (C=O) groups is 1. The zero-order chi connectivity index (χ0) is 18.8. The molecule has 0 spiro atoms. The summed E-state index contributed by atoms with van der Waals surface area (Å²) in [5.41, 5.74) is 5.48. The van der Waals surface area contributed by atoms with Crippen LogP contribution in [0.15, 0.2) is 48.5 Å². The van der Waals surface area contributed by atoms with Crippen molar-refractivity contribution in [3.8, 4) is 0 Å². The van der Waals surface area contributed by atoms with Crippen molar-refractivity contribution in [2.45, 2.75) is 32.2 Å². The van der Waals surface area contributed by atoms with E-state index in [4.69, 9.17) is 0 Å². The smallest absolute Gasteiger partial charge is 0.322 e. The van der Waals surface area contributed by atoms with Crippen LogP contribution in [0.1, 0.15) is 35.7 Å². The highest BCUT2D eigenvalue weighted by atomic mass is 16.3. The number of H-pyrrole nitrogens is 1. The van der Waals surface area contributed by atoms with Crippen molar-refractivity contribution >= 4 is 22.6 Å². The van der Waals surface area contributed by atoms with Crippen LogP contribution in [0.25, 0.3) is 10.9 Å². The maximum Gasteiger partial charge on any atom is 0.322 e. The molecule has 3 aromatic rings. The number of hydrogen-bond acceptors (Lipinski definition) is 2. The molecule has 27 heavy (non-hydrogen) atoms. The fraction of sp³-hybridized carbons (Fsp3) is 0.318. The lowest BCUT2D eigenvalue weighted by atomic mass is 10.1. The van der Waals surface area contributed by atoms with E-state index in [1.165, 1.54) is 11.1 Å². The second kappa shape index (κ2) is 7.45. The molecule has 0 aliphatic heterocycles. The standard InChI is InChI=1S/C22H25N3O2/c1-15-13-17-14-18(8-9-20(17)23-15)24-22(27)25(11-4-12-26)21-10-7-16-5-2-3-6-19(16)21/h2-3,5-6,8-9,13-14,21,23,26H,4,7,10-12H2,1H3,(H,24,27). The van der Waals surface area contributed by atoms with Crippen LogP contribution in [0.4, 0.5) is 10.5 Å². The molecule has 1 aliphatic rings. The molecule has 0 saturated heterocycles. The first-order chi connectivity index (χ1) is 13.2. The van der Waals surface area contributed by atoms with E-state index >= 15 is 0 Å². The van der Waals surface area contributed by atoms with Crippen LogP contribution in [0.3, 0.4) is 0 Å². The Morgan fingerprint density at radius 2 is 2.11 bits per heavy atom. The summed E-state index contributed by atoms with van der Waals surface area (Å²) in [4.78, 5) is 18.2. The number of rotatable bonds is 5. The van der Waals surface area contributed by atoms with Gasteiger partial charge in [-0.15, -0.1) is 0 Å². The molecule has 5 heteroatoms. The maximum atomic E-state index is 13.1. The largest absolute Gasteiger partial charge is 0.396 e. The average Bonchev–Trinajstić information content (AvgIpc) is 3.24. The highest BCUT2D eigenvalue weighted by molar-refractivity contribution is 5.93. The zero-order valence-electron chi connectivity index (χ0n) is 15.5. The van der Waals surface area contributed by atoms with Crippen LogP contribution in [0.2, 0.25) is 0 Å². The number of carbonyl (C=O) groups excluding carboxylic acids is 1. The molecule has 5 nitrogen and oxygen atoms in total. The lowest BCUT2D eigenvalue weighted by Gasteiger charge is -2.30. The summed E-state index contributed by atoms with van der Waals surface area (Å²) in [5.74, 6) is 0. The number of aromatic amines is 1. The monoisotopic (exact) mass is 363 g/mol. The van der Waals surface area contributed by atoms with E-state index in [-0.39, 0.29) is 18.7 Å². The normalized spacial score (nSPS) is 15.7. The van der Waals surface area contributed by atoms with Gasteiger partial charge in [-0.05, 0) is 61.6 Å². The summed E-state index contributed by atoms with van der Waals surface area (Å²) in [6.45, 7) is 2.63. The van der Waals surface area contributed by atoms with E-state index < -0.39 is 0 Å². The average molecular weight is 363 g/mol. The quantitative estimate of drug-likeness (QED) is 0.630. The van der Waals surface area contributed by atoms with Gasteiger partial charge in [-0.3, -0.25) is 0 Å². The molecule has 1 aromatic heterocycles. The lowest BCUT2D eigenvalue weighted by molar-refractivity contribution is 0.177. The van der Waals surface area contributed by atoms with Crippen LogP contribution < -0.4 is 5.32 Å². The van der Waals surface area contributed by atoms with E-state index in [2.05, 4.69) is 28.5 Å². The molecule has 1 aliphatic carbocycles. The van der Waals surface area contributed by atoms with E-state index in [1.807, 2.05) is 42.2 Å². The Bertz CT molecular complexity index is 963. The van der Waals surface area contributed by atoms with Gasteiger partial charge in [0.05, 0.1) is 6.04 Å². The number of nitrogens with zero attached hydrogens (tertiary/aromatic N) is 1. The fourth-order valence-electron chi connectivity index (χ4n) is 4.05. The van der Waals surface area contributed by atoms with Gasteiger partial charge in [0.25, 0.3) is 0 Å². The topological polar surface area (TPSA) is 68.4 Å². The molecular weight excluding hydrogens is 338 g/mol. The highest BCUT2D eigenvalue weighted by Gasteiger charge is 2.30. The summed E-state index contributed by atoms with van der Waals surface area (Å²) in [6.07, 6.45) is 2.48. The van der Waals surface area contributed by atoms with Crippen molar-refractivity contribution in [3.63, 3.8) is 0 Å². The van der Waals surface area contributed by atoms with Crippen molar-refractivity contribution in [2.75, 3.05) is 18.5 Å². The van der Waals surface area contributed by atoms with Gasteiger partial charge in [0, 0.05) is 35.4 Å². The number of fused-ring (bicyclic) bond motifs is 2. The van der Waals surface area contributed by atoms with Crippen molar-refractivity contribution in [1.29, 1.82) is 0 Å². The Hall–Kier alpha value is -2.79. The number of aromatic nitrogens is 1. The minimum atomic E-state index is -0.114. The number of aryl methyl sites for hydroxylation is 2. The molecule has 2 amide bonds. The van der Waals surface area contributed by atoms with Crippen LogP contribution in [0, 0.1) is 6.92 Å². The predicted molar refractivity (Wildman–Crippen MR) is 108 cm³/mol. The SMILES string of the molecule is Cc1cc2cc(NC(=O)N(CCCO)C3CCc4ccccc43)ccc2[nH]1. The Morgan fingerprint density at radius 3 is 2.96 bits per heavy atom. The lowest BCUT2D eigenvalue weighted by Crippen LogP contribution is -2.38. The van der Waals surface area contributed by atoms with Gasteiger partial charge in [-0.25, -0.2) is 4.79 Å². The zero-order valence-corrected chi connectivity index (χ0v) is 15.5. The number of hydrogen-bond donors (Lipinski definition) is 3. The molecule has 3 N–H and O–H groups in total. The molecular formula is C22H25N3O2. The maximum absolute atomic E-state index is 13.1. The second-order valence-electron chi connectivity index (χ2n) is 7.21. The minimum absolute atomic E-state index is 0.0611. The van der Waals surface area contributed by atoms with E-state index in [9.17, 15) is 9.90 Å². The third-order valence-corrected chi connectivity index (χ3v) is 5.30. The fourth-order valence-corrected chi connectivity index (χ4v) is 4.05. The molecule has 1 atom stereocenters. The number of benzene rings is 2. The van der Waals surface area contributed by atoms with E-state index in [1.54, 1.807) is 0 Å². The number of anilines is 1. The second-order valence-corrected chi connectivity index (χ2v) is 7.21. The Labute approximate surface area is 159 Å². The van der Waals surface area contributed by atoms with Crippen LogP contribution in [-0.4, -0.2) is 34.2 Å². The number of nitrogens with one attached hydrogen (secondary N) is 2. The predicted octanol–water partition coefficient (Wildman–Crippen LogP) is 4.38. The number of aliphatic hydroxyl groups excluding tert-OH is 1. The minimum Gasteiger partial charge on any atom is -0.396 e. The van der Waals surface area contributed by atoms with Gasteiger partial charge in [-0.2, -0.15) is 0 Å². The molecule has 2 aromatic carbocycles.